The minimum absolute atomic E-state index is 0.139. The lowest BCUT2D eigenvalue weighted by Gasteiger charge is -2.33. The SMILES string of the molecule is CCC(C[CH][Si](OC)(OC)OC)[Si](OC)(OC)OC. The van der Waals surface area contributed by atoms with Crippen molar-refractivity contribution in [3.05, 3.63) is 6.04 Å². The van der Waals surface area contributed by atoms with Crippen LogP contribution in [0.1, 0.15) is 19.8 Å². The van der Waals surface area contributed by atoms with E-state index < -0.39 is 17.6 Å². The van der Waals surface area contributed by atoms with E-state index in [1.807, 2.05) is 6.04 Å². The molecule has 1 radical (unpaired) electrons. The Morgan fingerprint density at radius 3 is 1.47 bits per heavy atom. The van der Waals surface area contributed by atoms with Gasteiger partial charge in [0.05, 0.1) is 0 Å². The molecule has 0 bridgehead atoms. The first-order chi connectivity index (χ1) is 9.03. The summed E-state index contributed by atoms with van der Waals surface area (Å²) in [6.07, 6.45) is 1.57. The van der Waals surface area contributed by atoms with Gasteiger partial charge in [-0.25, -0.2) is 0 Å². The highest BCUT2D eigenvalue weighted by Crippen LogP contribution is 2.33. The fourth-order valence-corrected chi connectivity index (χ4v) is 6.31. The normalized spacial score (nSPS) is 14.7. The van der Waals surface area contributed by atoms with Crippen LogP contribution in [0.4, 0.5) is 0 Å². The first kappa shape index (κ1) is 19.2. The number of hydrogen-bond donors (Lipinski definition) is 0. The molecule has 0 aliphatic carbocycles. The van der Waals surface area contributed by atoms with E-state index in [1.54, 1.807) is 42.7 Å². The van der Waals surface area contributed by atoms with Crippen molar-refractivity contribution in [1.82, 2.24) is 0 Å². The fourth-order valence-electron chi connectivity index (χ4n) is 2.10. The van der Waals surface area contributed by atoms with Crippen molar-refractivity contribution in [2.24, 2.45) is 0 Å². The minimum atomic E-state index is -2.68. The van der Waals surface area contributed by atoms with Gasteiger partial charge in [0.25, 0.3) is 0 Å². The van der Waals surface area contributed by atoms with E-state index in [0.29, 0.717) is 6.42 Å². The standard InChI is InChI=1S/C11H27O6Si2/c1-8-11(19(15-5,16-6)17-7)9-10-18(12-2,13-3)14-4/h10-11H,8-9H2,1-7H3. The van der Waals surface area contributed by atoms with Crippen molar-refractivity contribution < 1.29 is 26.6 Å². The predicted octanol–water partition coefficient (Wildman–Crippen LogP) is 1.66. The molecule has 0 amide bonds. The van der Waals surface area contributed by atoms with Crippen molar-refractivity contribution in [3.63, 3.8) is 0 Å². The van der Waals surface area contributed by atoms with Gasteiger partial charge in [-0.1, -0.05) is 6.92 Å². The Bertz CT molecular complexity index is 217. The second kappa shape index (κ2) is 9.19. The highest BCUT2D eigenvalue weighted by atomic mass is 28.4. The summed E-state index contributed by atoms with van der Waals surface area (Å²) in [6.45, 7) is 2.08. The first-order valence-electron chi connectivity index (χ1n) is 6.18. The Morgan fingerprint density at radius 1 is 0.789 bits per heavy atom. The van der Waals surface area contributed by atoms with Crippen LogP contribution in [0.2, 0.25) is 5.54 Å². The monoisotopic (exact) mass is 311 g/mol. The van der Waals surface area contributed by atoms with Crippen molar-refractivity contribution in [1.29, 1.82) is 0 Å². The largest absolute Gasteiger partial charge is 0.503 e. The molecule has 0 saturated heterocycles. The third kappa shape index (κ3) is 4.60. The summed E-state index contributed by atoms with van der Waals surface area (Å²) in [5.74, 6) is 0. The number of rotatable bonds is 11. The average molecular weight is 312 g/mol. The van der Waals surface area contributed by atoms with Crippen LogP contribution in [0.3, 0.4) is 0 Å². The lowest BCUT2D eigenvalue weighted by Crippen LogP contribution is -2.50. The Balaban J connectivity index is 4.81. The third-order valence-electron chi connectivity index (χ3n) is 3.35. The molecule has 6 nitrogen and oxygen atoms in total. The molecule has 0 aromatic heterocycles. The maximum Gasteiger partial charge on any atom is 0.503 e. The van der Waals surface area contributed by atoms with Crippen molar-refractivity contribution in [3.8, 4) is 0 Å². The van der Waals surface area contributed by atoms with Gasteiger partial charge in [0, 0.05) is 54.2 Å². The summed E-state index contributed by atoms with van der Waals surface area (Å²) in [5, 5.41) is 0. The molecule has 0 heterocycles. The van der Waals surface area contributed by atoms with Gasteiger partial charge < -0.3 is 26.6 Å². The molecule has 0 aliphatic heterocycles. The third-order valence-corrected chi connectivity index (χ3v) is 9.15. The van der Waals surface area contributed by atoms with Crippen LogP contribution in [-0.2, 0) is 26.6 Å². The Kier molecular flexibility index (Phi) is 9.28. The van der Waals surface area contributed by atoms with Gasteiger partial charge >= 0.3 is 17.6 Å². The van der Waals surface area contributed by atoms with E-state index in [4.69, 9.17) is 26.6 Å². The van der Waals surface area contributed by atoms with Crippen molar-refractivity contribution >= 4 is 17.6 Å². The molecule has 0 aliphatic rings. The van der Waals surface area contributed by atoms with E-state index in [2.05, 4.69) is 6.92 Å². The van der Waals surface area contributed by atoms with Gasteiger partial charge in [0.1, 0.15) is 0 Å². The predicted molar refractivity (Wildman–Crippen MR) is 76.5 cm³/mol. The van der Waals surface area contributed by atoms with Crippen molar-refractivity contribution in [2.75, 3.05) is 42.7 Å². The highest BCUT2D eigenvalue weighted by Gasteiger charge is 2.48. The topological polar surface area (TPSA) is 55.4 Å². The zero-order chi connectivity index (χ0) is 14.9. The smallest absolute Gasteiger partial charge is 0.377 e. The van der Waals surface area contributed by atoms with E-state index in [9.17, 15) is 0 Å². The lowest BCUT2D eigenvalue weighted by molar-refractivity contribution is 0.107. The zero-order valence-electron chi connectivity index (χ0n) is 13.0. The molecule has 0 N–H and O–H groups in total. The van der Waals surface area contributed by atoms with Crippen LogP contribution < -0.4 is 0 Å². The fraction of sp³-hybridized carbons (Fsp3) is 0.909. The summed E-state index contributed by atoms with van der Waals surface area (Å²) >= 11 is 0. The summed E-state index contributed by atoms with van der Waals surface area (Å²) < 4.78 is 32.7. The summed E-state index contributed by atoms with van der Waals surface area (Å²) in [7, 11) is 4.28. The summed E-state index contributed by atoms with van der Waals surface area (Å²) in [5.41, 5.74) is 0.139. The molecule has 0 aromatic carbocycles. The molecule has 8 heteroatoms. The molecular formula is C11H27O6Si2. The summed E-state index contributed by atoms with van der Waals surface area (Å²) in [6, 6.07) is 1.96. The van der Waals surface area contributed by atoms with Crippen molar-refractivity contribution in [2.45, 2.75) is 25.3 Å². The highest BCUT2D eigenvalue weighted by molar-refractivity contribution is 6.65. The summed E-state index contributed by atoms with van der Waals surface area (Å²) in [4.78, 5) is 0. The molecule has 0 spiro atoms. The van der Waals surface area contributed by atoms with Gasteiger partial charge in [0.2, 0.25) is 0 Å². The Morgan fingerprint density at radius 2 is 1.21 bits per heavy atom. The van der Waals surface area contributed by atoms with Gasteiger partial charge in [-0.3, -0.25) is 0 Å². The van der Waals surface area contributed by atoms with E-state index in [-0.39, 0.29) is 5.54 Å². The first-order valence-corrected chi connectivity index (χ1v) is 9.79. The van der Waals surface area contributed by atoms with Crippen LogP contribution in [0.15, 0.2) is 0 Å². The number of hydrogen-bond acceptors (Lipinski definition) is 6. The Labute approximate surface area is 119 Å². The van der Waals surface area contributed by atoms with Gasteiger partial charge in [0.15, 0.2) is 0 Å². The minimum Gasteiger partial charge on any atom is -0.377 e. The van der Waals surface area contributed by atoms with E-state index >= 15 is 0 Å². The molecule has 0 rings (SSSR count). The van der Waals surface area contributed by atoms with Gasteiger partial charge in [-0.2, -0.15) is 0 Å². The average Bonchev–Trinajstić information content (AvgIpc) is 2.48. The van der Waals surface area contributed by atoms with Gasteiger partial charge in [-0.05, 0) is 12.8 Å². The van der Waals surface area contributed by atoms with Gasteiger partial charge in [-0.15, -0.1) is 0 Å². The zero-order valence-corrected chi connectivity index (χ0v) is 15.0. The molecule has 115 valence electrons. The molecule has 19 heavy (non-hydrogen) atoms. The second-order valence-corrected chi connectivity index (χ2v) is 10.1. The maximum atomic E-state index is 5.52. The quantitative estimate of drug-likeness (QED) is 0.541. The molecular weight excluding hydrogens is 284 g/mol. The second-order valence-electron chi connectivity index (χ2n) is 3.98. The Hall–Kier alpha value is 0.194. The molecule has 0 aromatic rings. The molecule has 0 fully saturated rings. The van der Waals surface area contributed by atoms with Crippen LogP contribution in [0.5, 0.6) is 0 Å². The van der Waals surface area contributed by atoms with Crippen LogP contribution in [0.25, 0.3) is 0 Å². The van der Waals surface area contributed by atoms with Crippen LogP contribution in [0, 0.1) is 6.04 Å². The molecule has 1 unspecified atom stereocenters. The van der Waals surface area contributed by atoms with E-state index in [1.165, 1.54) is 0 Å². The lowest BCUT2D eigenvalue weighted by atomic mass is 10.3. The van der Waals surface area contributed by atoms with E-state index in [0.717, 1.165) is 6.42 Å². The van der Waals surface area contributed by atoms with Crippen LogP contribution in [-0.4, -0.2) is 60.3 Å². The maximum absolute atomic E-state index is 5.52. The molecule has 0 saturated carbocycles. The molecule has 1 atom stereocenters. The van der Waals surface area contributed by atoms with Crippen LogP contribution >= 0.6 is 0 Å².